The number of hydrogen-bond donors (Lipinski definition) is 1. The summed E-state index contributed by atoms with van der Waals surface area (Å²) in [7, 11) is 0. The minimum atomic E-state index is -4.68. The van der Waals surface area contributed by atoms with Crippen molar-refractivity contribution in [2.45, 2.75) is 6.18 Å². The molecule has 0 atom stereocenters. The number of nitro benzene ring substituents is 1. The molecule has 0 bridgehead atoms. The number of hydrazone groups is 1. The Kier molecular flexibility index (Phi) is 5.30. The number of alkyl halides is 3. The third-order valence-corrected chi connectivity index (χ3v) is 3.73. The molecule has 0 aromatic heterocycles. The fraction of sp³-hybridized carbons (Fsp3) is 0.0714. The Hall–Kier alpha value is -2.32. The van der Waals surface area contributed by atoms with Crippen molar-refractivity contribution in [1.82, 2.24) is 0 Å². The van der Waals surface area contributed by atoms with Crippen LogP contribution in [0.2, 0.25) is 10.0 Å². The zero-order chi connectivity index (χ0) is 17.9. The van der Waals surface area contributed by atoms with Gasteiger partial charge in [0.1, 0.15) is 5.69 Å². The highest BCUT2D eigenvalue weighted by Gasteiger charge is 2.33. The third-order valence-electron chi connectivity index (χ3n) is 2.89. The Morgan fingerprint density at radius 2 is 1.92 bits per heavy atom. The topological polar surface area (TPSA) is 67.5 Å². The van der Waals surface area contributed by atoms with Gasteiger partial charge in [0, 0.05) is 11.6 Å². The van der Waals surface area contributed by atoms with Crippen LogP contribution >= 0.6 is 23.2 Å². The normalized spacial score (nSPS) is 11.7. The maximum absolute atomic E-state index is 12.6. The summed E-state index contributed by atoms with van der Waals surface area (Å²) in [6.45, 7) is 0. The van der Waals surface area contributed by atoms with Crippen LogP contribution in [0.1, 0.15) is 11.1 Å². The van der Waals surface area contributed by atoms with E-state index in [0.717, 1.165) is 12.1 Å². The molecule has 10 heteroatoms. The number of anilines is 1. The number of nitrogens with one attached hydrogen (secondary N) is 1. The summed E-state index contributed by atoms with van der Waals surface area (Å²) in [6, 6.07) is 6.87. The summed E-state index contributed by atoms with van der Waals surface area (Å²) >= 11 is 11.8. The second-order valence-electron chi connectivity index (χ2n) is 4.50. The van der Waals surface area contributed by atoms with E-state index in [9.17, 15) is 23.3 Å². The lowest BCUT2D eigenvalue weighted by molar-refractivity contribution is -0.384. The minimum Gasteiger partial charge on any atom is -0.272 e. The molecule has 2 aromatic rings. The Bertz CT molecular complexity index is 810. The van der Waals surface area contributed by atoms with Gasteiger partial charge in [0.2, 0.25) is 0 Å². The maximum Gasteiger partial charge on any atom is 0.416 e. The van der Waals surface area contributed by atoms with Gasteiger partial charge >= 0.3 is 6.18 Å². The molecule has 2 aromatic carbocycles. The monoisotopic (exact) mass is 377 g/mol. The predicted octanol–water partition coefficient (Wildman–Crippen LogP) is 5.37. The fourth-order valence-corrected chi connectivity index (χ4v) is 2.10. The first-order valence-electron chi connectivity index (χ1n) is 6.29. The zero-order valence-electron chi connectivity index (χ0n) is 11.6. The van der Waals surface area contributed by atoms with Crippen LogP contribution in [0.15, 0.2) is 41.5 Å². The van der Waals surface area contributed by atoms with Gasteiger partial charge in [-0.25, -0.2) is 0 Å². The summed E-state index contributed by atoms with van der Waals surface area (Å²) in [5.74, 6) is 0. The van der Waals surface area contributed by atoms with Crippen LogP contribution in [-0.2, 0) is 6.18 Å². The van der Waals surface area contributed by atoms with Crippen molar-refractivity contribution in [1.29, 1.82) is 0 Å². The smallest absolute Gasteiger partial charge is 0.272 e. The largest absolute Gasteiger partial charge is 0.416 e. The van der Waals surface area contributed by atoms with Crippen molar-refractivity contribution in [3.63, 3.8) is 0 Å². The van der Waals surface area contributed by atoms with E-state index >= 15 is 0 Å². The second kappa shape index (κ2) is 7.06. The second-order valence-corrected chi connectivity index (χ2v) is 5.29. The molecule has 0 radical (unpaired) electrons. The molecule has 0 fully saturated rings. The van der Waals surface area contributed by atoms with Crippen molar-refractivity contribution in [2.75, 3.05) is 5.43 Å². The molecular formula is C14H8Cl2F3N3O2. The molecule has 2 rings (SSSR count). The number of hydrogen-bond acceptors (Lipinski definition) is 4. The summed E-state index contributed by atoms with van der Waals surface area (Å²) in [6.07, 6.45) is -3.43. The lowest BCUT2D eigenvalue weighted by Crippen LogP contribution is -2.06. The Labute approximate surface area is 143 Å². The number of benzene rings is 2. The average molecular weight is 378 g/mol. The standard InChI is InChI=1S/C14H8Cl2F3N3O2/c15-10-3-1-2-8(13(10)16)7-20-21-11-5-4-9(14(17,18)19)6-12(11)22(23)24/h1-7,21H/b20-7+. The molecule has 0 heterocycles. The highest BCUT2D eigenvalue weighted by atomic mass is 35.5. The number of nitro groups is 1. The van der Waals surface area contributed by atoms with Gasteiger partial charge in [-0.05, 0) is 18.2 Å². The summed E-state index contributed by atoms with van der Waals surface area (Å²) in [4.78, 5) is 10.0. The van der Waals surface area contributed by atoms with E-state index < -0.39 is 22.4 Å². The van der Waals surface area contributed by atoms with Gasteiger partial charge in [-0.1, -0.05) is 35.3 Å². The van der Waals surface area contributed by atoms with Crippen LogP contribution in [0.5, 0.6) is 0 Å². The summed E-state index contributed by atoms with van der Waals surface area (Å²) < 4.78 is 37.9. The van der Waals surface area contributed by atoms with Crippen molar-refractivity contribution in [3.05, 3.63) is 67.7 Å². The fourth-order valence-electron chi connectivity index (χ4n) is 1.75. The molecule has 0 amide bonds. The van der Waals surface area contributed by atoms with Crippen molar-refractivity contribution in [3.8, 4) is 0 Å². The first-order valence-corrected chi connectivity index (χ1v) is 7.04. The number of nitrogens with zero attached hydrogens (tertiary/aromatic N) is 2. The highest BCUT2D eigenvalue weighted by molar-refractivity contribution is 6.43. The SMILES string of the molecule is O=[N+]([O-])c1cc(C(F)(F)F)ccc1N/N=C/c1cccc(Cl)c1Cl. The van der Waals surface area contributed by atoms with Crippen LogP contribution in [0.4, 0.5) is 24.5 Å². The van der Waals surface area contributed by atoms with E-state index in [1.807, 2.05) is 0 Å². The van der Waals surface area contributed by atoms with E-state index in [4.69, 9.17) is 23.2 Å². The highest BCUT2D eigenvalue weighted by Crippen LogP contribution is 2.35. The van der Waals surface area contributed by atoms with Gasteiger partial charge in [-0.3, -0.25) is 15.5 Å². The molecule has 0 saturated heterocycles. The van der Waals surface area contributed by atoms with Gasteiger partial charge < -0.3 is 0 Å². The molecular weight excluding hydrogens is 370 g/mol. The molecule has 5 nitrogen and oxygen atoms in total. The van der Waals surface area contributed by atoms with E-state index in [1.165, 1.54) is 6.21 Å². The molecule has 0 unspecified atom stereocenters. The summed E-state index contributed by atoms with van der Waals surface area (Å²) in [5.41, 5.74) is 0.697. The van der Waals surface area contributed by atoms with Crippen LogP contribution in [0.3, 0.4) is 0 Å². The van der Waals surface area contributed by atoms with Crippen LogP contribution < -0.4 is 5.43 Å². The average Bonchev–Trinajstić information content (AvgIpc) is 2.50. The number of rotatable bonds is 4. The lowest BCUT2D eigenvalue weighted by Gasteiger charge is -2.08. The quantitative estimate of drug-likeness (QED) is 0.442. The van der Waals surface area contributed by atoms with E-state index in [1.54, 1.807) is 18.2 Å². The maximum atomic E-state index is 12.6. The molecule has 0 aliphatic rings. The molecule has 0 spiro atoms. The molecule has 126 valence electrons. The Morgan fingerprint density at radius 1 is 1.21 bits per heavy atom. The van der Waals surface area contributed by atoms with Crippen LogP contribution in [0, 0.1) is 10.1 Å². The van der Waals surface area contributed by atoms with Gasteiger partial charge in [-0.15, -0.1) is 0 Å². The van der Waals surface area contributed by atoms with Crippen molar-refractivity contribution in [2.24, 2.45) is 5.10 Å². The minimum absolute atomic E-state index is 0.192. The lowest BCUT2D eigenvalue weighted by atomic mass is 10.1. The van der Waals surface area contributed by atoms with Crippen molar-refractivity contribution < 1.29 is 18.1 Å². The Morgan fingerprint density at radius 3 is 2.54 bits per heavy atom. The molecule has 0 aliphatic carbocycles. The predicted molar refractivity (Wildman–Crippen MR) is 85.8 cm³/mol. The summed E-state index contributed by atoms with van der Waals surface area (Å²) in [5, 5.41) is 15.2. The molecule has 1 N–H and O–H groups in total. The van der Waals surface area contributed by atoms with Crippen LogP contribution in [-0.4, -0.2) is 11.1 Å². The van der Waals surface area contributed by atoms with Gasteiger partial charge in [0.05, 0.1) is 26.7 Å². The van der Waals surface area contributed by atoms with E-state index in [-0.39, 0.29) is 10.7 Å². The molecule has 0 saturated carbocycles. The van der Waals surface area contributed by atoms with Crippen LogP contribution in [0.25, 0.3) is 0 Å². The van der Waals surface area contributed by atoms with E-state index in [0.29, 0.717) is 16.7 Å². The van der Waals surface area contributed by atoms with E-state index in [2.05, 4.69) is 10.5 Å². The van der Waals surface area contributed by atoms with Crippen molar-refractivity contribution >= 4 is 40.8 Å². The number of halogens is 5. The first-order chi connectivity index (χ1) is 11.2. The Balaban J connectivity index is 2.28. The first kappa shape index (κ1) is 18.0. The third kappa shape index (κ3) is 4.15. The van der Waals surface area contributed by atoms with Gasteiger partial charge in [0.15, 0.2) is 0 Å². The molecule has 24 heavy (non-hydrogen) atoms. The van der Waals surface area contributed by atoms with Gasteiger partial charge in [-0.2, -0.15) is 18.3 Å². The zero-order valence-corrected chi connectivity index (χ0v) is 13.2. The molecule has 0 aliphatic heterocycles. The van der Waals surface area contributed by atoms with Gasteiger partial charge in [0.25, 0.3) is 5.69 Å².